The van der Waals surface area contributed by atoms with E-state index in [0.717, 1.165) is 11.1 Å². The average molecular weight is 490 g/mol. The number of esters is 2. The molecule has 0 radical (unpaired) electrons. The summed E-state index contributed by atoms with van der Waals surface area (Å²) >= 11 is 0. The minimum Gasteiger partial charge on any atom is -0.496 e. The van der Waals surface area contributed by atoms with Crippen LogP contribution in [0.1, 0.15) is 50.2 Å². The second-order valence-electron chi connectivity index (χ2n) is 8.77. The molecule has 2 aromatic carbocycles. The third kappa shape index (κ3) is 4.53. The number of hydrogen-bond acceptors (Lipinski definition) is 7. The molecule has 2 aliphatic rings. The molecule has 0 bridgehead atoms. The quantitative estimate of drug-likeness (QED) is 0.455. The Morgan fingerprint density at radius 1 is 0.972 bits per heavy atom. The lowest BCUT2D eigenvalue weighted by molar-refractivity contribution is -0.152. The third-order valence-electron chi connectivity index (χ3n) is 6.73. The van der Waals surface area contributed by atoms with Crippen molar-refractivity contribution in [2.75, 3.05) is 20.3 Å². The standard InChI is InChI=1S/C29H31NO6/c1-5-35-28(32)23-17(3)30-21-16-20(19-14-10-11-15-22(19)34-4)25(29(33)36-6-2)27(31)26(21)24(23)18-12-8-7-9-13-18/h7-15,20,24-25,30H,5-6,16H2,1-4H3/t20-,24+,25+/m0/s1. The van der Waals surface area contributed by atoms with Crippen molar-refractivity contribution in [1.82, 2.24) is 5.32 Å². The maximum Gasteiger partial charge on any atom is 0.336 e. The Kier molecular flexibility index (Phi) is 7.58. The number of ketones is 1. The molecule has 0 fully saturated rings. The van der Waals surface area contributed by atoms with Crippen molar-refractivity contribution in [2.24, 2.45) is 5.92 Å². The molecular formula is C29H31NO6. The molecule has 7 heteroatoms. The molecule has 4 rings (SSSR count). The lowest BCUT2D eigenvalue weighted by Crippen LogP contribution is -2.43. The first-order chi connectivity index (χ1) is 17.4. The van der Waals surface area contributed by atoms with E-state index in [4.69, 9.17) is 14.2 Å². The number of dihydropyridines is 1. The van der Waals surface area contributed by atoms with Gasteiger partial charge in [0.2, 0.25) is 0 Å². The Hall–Kier alpha value is -3.87. The Morgan fingerprint density at radius 3 is 2.31 bits per heavy atom. The maximum absolute atomic E-state index is 14.3. The molecule has 0 unspecified atom stereocenters. The molecule has 1 N–H and O–H groups in total. The van der Waals surface area contributed by atoms with Gasteiger partial charge in [-0.3, -0.25) is 9.59 Å². The summed E-state index contributed by atoms with van der Waals surface area (Å²) in [7, 11) is 1.57. The van der Waals surface area contributed by atoms with Gasteiger partial charge in [-0.25, -0.2) is 4.79 Å². The number of para-hydroxylation sites is 1. The van der Waals surface area contributed by atoms with E-state index in [9.17, 15) is 14.4 Å². The highest BCUT2D eigenvalue weighted by atomic mass is 16.5. The molecule has 1 heterocycles. The first-order valence-electron chi connectivity index (χ1n) is 12.2. The van der Waals surface area contributed by atoms with Crippen LogP contribution in [0.25, 0.3) is 0 Å². The summed E-state index contributed by atoms with van der Waals surface area (Å²) in [5.41, 5.74) is 3.63. The summed E-state index contributed by atoms with van der Waals surface area (Å²) in [5, 5.41) is 3.31. The van der Waals surface area contributed by atoms with Crippen LogP contribution in [-0.2, 0) is 23.9 Å². The number of hydrogen-bond donors (Lipinski definition) is 1. The molecule has 1 aliphatic heterocycles. The van der Waals surface area contributed by atoms with Crippen LogP contribution in [0.15, 0.2) is 77.1 Å². The highest BCUT2D eigenvalue weighted by Crippen LogP contribution is 2.49. The predicted molar refractivity (Wildman–Crippen MR) is 134 cm³/mol. The minimum absolute atomic E-state index is 0.153. The molecule has 0 spiro atoms. The van der Waals surface area contributed by atoms with Crippen LogP contribution >= 0.6 is 0 Å². The summed E-state index contributed by atoms with van der Waals surface area (Å²) in [6.45, 7) is 5.63. The molecule has 0 saturated carbocycles. The molecule has 0 amide bonds. The predicted octanol–water partition coefficient (Wildman–Crippen LogP) is 4.41. The van der Waals surface area contributed by atoms with Gasteiger partial charge in [0.1, 0.15) is 11.7 Å². The number of Topliss-reactive ketones (excluding diaryl/α,β-unsaturated/α-hetero) is 1. The fourth-order valence-corrected chi connectivity index (χ4v) is 5.26. The monoisotopic (exact) mass is 489 g/mol. The number of allylic oxidation sites excluding steroid dienone is 3. The molecule has 2 aromatic rings. The Labute approximate surface area is 211 Å². The summed E-state index contributed by atoms with van der Waals surface area (Å²) in [6, 6.07) is 16.8. The van der Waals surface area contributed by atoms with Gasteiger partial charge in [0.15, 0.2) is 5.78 Å². The number of nitrogens with one attached hydrogen (secondary N) is 1. The van der Waals surface area contributed by atoms with Crippen LogP contribution in [0.2, 0.25) is 0 Å². The molecule has 0 saturated heterocycles. The summed E-state index contributed by atoms with van der Waals surface area (Å²) < 4.78 is 16.3. The minimum atomic E-state index is -1.07. The lowest BCUT2D eigenvalue weighted by atomic mass is 9.67. The van der Waals surface area contributed by atoms with Gasteiger partial charge in [0.05, 0.1) is 25.9 Å². The van der Waals surface area contributed by atoms with E-state index in [1.165, 1.54) is 0 Å². The van der Waals surface area contributed by atoms with Gasteiger partial charge >= 0.3 is 11.9 Å². The zero-order chi connectivity index (χ0) is 25.8. The summed E-state index contributed by atoms with van der Waals surface area (Å²) in [6.07, 6.45) is 0.377. The number of carbonyl (C=O) groups is 3. The van der Waals surface area contributed by atoms with Gasteiger partial charge in [0, 0.05) is 28.8 Å². The van der Waals surface area contributed by atoms with Crippen LogP contribution < -0.4 is 10.1 Å². The highest BCUT2D eigenvalue weighted by molar-refractivity contribution is 6.13. The highest BCUT2D eigenvalue weighted by Gasteiger charge is 2.49. The fraction of sp³-hybridized carbons (Fsp3) is 0.345. The number of rotatable bonds is 7. The van der Waals surface area contributed by atoms with Crippen molar-refractivity contribution in [3.63, 3.8) is 0 Å². The molecule has 36 heavy (non-hydrogen) atoms. The van der Waals surface area contributed by atoms with Crippen LogP contribution in [0.4, 0.5) is 0 Å². The van der Waals surface area contributed by atoms with E-state index in [-0.39, 0.29) is 19.0 Å². The van der Waals surface area contributed by atoms with Crippen molar-refractivity contribution in [2.45, 2.75) is 39.0 Å². The molecule has 7 nitrogen and oxygen atoms in total. The van der Waals surface area contributed by atoms with Gasteiger partial charge in [-0.1, -0.05) is 48.5 Å². The van der Waals surface area contributed by atoms with E-state index in [1.54, 1.807) is 21.0 Å². The molecule has 3 atom stereocenters. The maximum atomic E-state index is 14.3. The zero-order valence-electron chi connectivity index (χ0n) is 21.0. The van der Waals surface area contributed by atoms with Crippen molar-refractivity contribution in [3.05, 3.63) is 88.3 Å². The lowest BCUT2D eigenvalue weighted by Gasteiger charge is -2.39. The van der Waals surface area contributed by atoms with E-state index < -0.39 is 29.7 Å². The number of ether oxygens (including phenoxy) is 3. The van der Waals surface area contributed by atoms with E-state index in [1.807, 2.05) is 61.5 Å². The topological polar surface area (TPSA) is 90.9 Å². The Balaban J connectivity index is 1.91. The first-order valence-corrected chi connectivity index (χ1v) is 12.2. The second-order valence-corrected chi connectivity index (χ2v) is 8.77. The SMILES string of the molecule is CCOC(=O)C1=C(C)NC2=C(C(=O)[C@H](C(=O)OCC)[C@H](c3ccccc3OC)C2)[C@@H]1c1ccccc1. The van der Waals surface area contributed by atoms with Crippen LogP contribution in [0.5, 0.6) is 5.75 Å². The van der Waals surface area contributed by atoms with Gasteiger partial charge in [-0.15, -0.1) is 0 Å². The van der Waals surface area contributed by atoms with Gasteiger partial charge in [-0.2, -0.15) is 0 Å². The van der Waals surface area contributed by atoms with Crippen molar-refractivity contribution in [3.8, 4) is 5.75 Å². The Bertz CT molecular complexity index is 1230. The van der Waals surface area contributed by atoms with E-state index in [0.29, 0.717) is 34.7 Å². The van der Waals surface area contributed by atoms with Crippen molar-refractivity contribution in [1.29, 1.82) is 0 Å². The van der Waals surface area contributed by atoms with Crippen LogP contribution in [0, 0.1) is 5.92 Å². The molecule has 0 aromatic heterocycles. The van der Waals surface area contributed by atoms with Crippen LogP contribution in [0.3, 0.4) is 0 Å². The van der Waals surface area contributed by atoms with E-state index in [2.05, 4.69) is 5.32 Å². The Morgan fingerprint density at radius 2 is 1.64 bits per heavy atom. The average Bonchev–Trinajstić information content (AvgIpc) is 2.88. The zero-order valence-corrected chi connectivity index (χ0v) is 21.0. The van der Waals surface area contributed by atoms with Gasteiger partial charge < -0.3 is 19.5 Å². The normalized spacial score (nSPS) is 21.4. The smallest absolute Gasteiger partial charge is 0.336 e. The fourth-order valence-electron chi connectivity index (χ4n) is 5.26. The van der Waals surface area contributed by atoms with Gasteiger partial charge in [0.25, 0.3) is 0 Å². The van der Waals surface area contributed by atoms with Crippen molar-refractivity contribution >= 4 is 17.7 Å². The van der Waals surface area contributed by atoms with Crippen molar-refractivity contribution < 1.29 is 28.6 Å². The largest absolute Gasteiger partial charge is 0.496 e. The summed E-state index contributed by atoms with van der Waals surface area (Å²) in [5.74, 6) is -3.06. The second kappa shape index (κ2) is 10.8. The number of carbonyl (C=O) groups excluding carboxylic acids is 3. The summed E-state index contributed by atoms with van der Waals surface area (Å²) in [4.78, 5) is 40.6. The molecular weight excluding hydrogens is 458 g/mol. The molecule has 188 valence electrons. The number of benzene rings is 2. The van der Waals surface area contributed by atoms with Gasteiger partial charge in [-0.05, 0) is 44.4 Å². The first kappa shape index (κ1) is 25.2. The molecule has 1 aliphatic carbocycles. The number of methoxy groups -OCH3 is 1. The van der Waals surface area contributed by atoms with E-state index >= 15 is 0 Å². The third-order valence-corrected chi connectivity index (χ3v) is 6.73. The van der Waals surface area contributed by atoms with Crippen LogP contribution in [-0.4, -0.2) is 38.0 Å².